The molecule has 4 rings (SSSR count). The Morgan fingerprint density at radius 1 is 1.07 bits per heavy atom. The topological polar surface area (TPSA) is 36.7 Å². The number of carbonyl (C=O) groups is 1. The molecule has 0 bridgehead atoms. The molecule has 1 atom stereocenters. The van der Waals surface area contributed by atoms with Crippen LogP contribution in [-0.2, 0) is 24.3 Å². The van der Waals surface area contributed by atoms with E-state index in [1.807, 2.05) is 12.1 Å². The minimum atomic E-state index is -0.867. The second-order valence-corrected chi connectivity index (χ2v) is 8.01. The number of rotatable bonds is 5. The van der Waals surface area contributed by atoms with Crippen LogP contribution < -0.4 is 0 Å². The number of halogens is 2. The summed E-state index contributed by atoms with van der Waals surface area (Å²) in [5.41, 5.74) is -0.176. The predicted molar refractivity (Wildman–Crippen MR) is 101 cm³/mol. The van der Waals surface area contributed by atoms with Gasteiger partial charge in [0, 0.05) is 31.6 Å². The minimum Gasteiger partial charge on any atom is -0.465 e. The number of amides is 1. The number of hydrogen-bond donors (Lipinski definition) is 0. The Bertz CT molecular complexity index is 866. The molecule has 2 fully saturated rings. The van der Waals surface area contributed by atoms with Crippen LogP contribution in [0, 0.1) is 17.0 Å². The fourth-order valence-corrected chi connectivity index (χ4v) is 4.57. The molecule has 0 N–H and O–H groups in total. The third kappa shape index (κ3) is 3.58. The summed E-state index contributed by atoms with van der Waals surface area (Å²) < 4.78 is 33.4. The standard InChI is InChI=1S/C22H26F2N2O2/c1-2-17-7-8-18(28-17)14-25-12-10-22(15-25)9-4-11-26(21(22)27)13-16-5-3-6-19(23)20(16)24/h3,5-8H,2,4,9-15H2,1H3/t22-/m1/s1. The molecule has 150 valence electrons. The molecular weight excluding hydrogens is 362 g/mol. The zero-order valence-electron chi connectivity index (χ0n) is 16.2. The van der Waals surface area contributed by atoms with Gasteiger partial charge in [-0.1, -0.05) is 19.1 Å². The SMILES string of the molecule is CCc1ccc(CN2CC[C@]3(CCCN(Cc4cccc(F)c4F)C3=O)C2)o1. The Hall–Kier alpha value is -2.21. The van der Waals surface area contributed by atoms with Crippen molar-refractivity contribution in [3.05, 3.63) is 59.1 Å². The van der Waals surface area contributed by atoms with Gasteiger partial charge in [-0.15, -0.1) is 0 Å². The molecule has 1 amide bonds. The van der Waals surface area contributed by atoms with E-state index in [1.165, 1.54) is 6.07 Å². The van der Waals surface area contributed by atoms with Gasteiger partial charge in [0.05, 0.1) is 12.0 Å². The molecule has 1 aromatic carbocycles. The quantitative estimate of drug-likeness (QED) is 0.773. The highest BCUT2D eigenvalue weighted by atomic mass is 19.2. The molecular formula is C22H26F2N2O2. The largest absolute Gasteiger partial charge is 0.465 e. The summed E-state index contributed by atoms with van der Waals surface area (Å²) in [5.74, 6) is 0.247. The fraction of sp³-hybridized carbons (Fsp3) is 0.500. The van der Waals surface area contributed by atoms with Gasteiger partial charge in [-0.2, -0.15) is 0 Å². The molecule has 28 heavy (non-hydrogen) atoms. The van der Waals surface area contributed by atoms with Crippen LogP contribution in [0.2, 0.25) is 0 Å². The number of benzene rings is 1. The lowest BCUT2D eigenvalue weighted by atomic mass is 9.78. The van der Waals surface area contributed by atoms with Gasteiger partial charge < -0.3 is 9.32 Å². The van der Waals surface area contributed by atoms with E-state index in [1.54, 1.807) is 11.0 Å². The maximum Gasteiger partial charge on any atom is 0.230 e. The van der Waals surface area contributed by atoms with E-state index in [9.17, 15) is 13.6 Å². The first-order chi connectivity index (χ1) is 13.5. The molecule has 0 radical (unpaired) electrons. The number of piperidine rings is 1. The first-order valence-corrected chi connectivity index (χ1v) is 10.0. The maximum atomic E-state index is 14.1. The second kappa shape index (κ2) is 7.66. The lowest BCUT2D eigenvalue weighted by Crippen LogP contribution is -2.49. The first kappa shape index (κ1) is 19.1. The van der Waals surface area contributed by atoms with E-state index in [0.29, 0.717) is 19.6 Å². The van der Waals surface area contributed by atoms with Crippen LogP contribution in [0.4, 0.5) is 8.78 Å². The van der Waals surface area contributed by atoms with E-state index in [-0.39, 0.29) is 18.0 Å². The molecule has 0 unspecified atom stereocenters. The van der Waals surface area contributed by atoms with Crippen LogP contribution in [0.1, 0.15) is 43.3 Å². The van der Waals surface area contributed by atoms with Crippen molar-refractivity contribution < 1.29 is 18.0 Å². The molecule has 1 aromatic heterocycles. The normalized spacial score (nSPS) is 23.1. The van der Waals surface area contributed by atoms with Crippen molar-refractivity contribution in [1.29, 1.82) is 0 Å². The smallest absolute Gasteiger partial charge is 0.230 e. The number of furan rings is 1. The summed E-state index contributed by atoms with van der Waals surface area (Å²) >= 11 is 0. The van der Waals surface area contributed by atoms with Crippen molar-refractivity contribution in [1.82, 2.24) is 9.80 Å². The van der Waals surface area contributed by atoms with Gasteiger partial charge in [0.25, 0.3) is 0 Å². The van der Waals surface area contributed by atoms with Gasteiger partial charge in [-0.25, -0.2) is 8.78 Å². The Kier molecular flexibility index (Phi) is 5.23. The minimum absolute atomic E-state index is 0.0682. The second-order valence-electron chi connectivity index (χ2n) is 8.01. The van der Waals surface area contributed by atoms with E-state index in [0.717, 1.165) is 49.8 Å². The summed E-state index contributed by atoms with van der Waals surface area (Å²) in [6.45, 7) is 5.01. The number of likely N-dealkylation sites (tertiary alicyclic amines) is 2. The number of hydrogen-bond acceptors (Lipinski definition) is 3. The van der Waals surface area contributed by atoms with Crippen molar-refractivity contribution in [3.8, 4) is 0 Å². The van der Waals surface area contributed by atoms with Crippen LogP contribution in [0.3, 0.4) is 0 Å². The number of carbonyl (C=O) groups excluding carboxylic acids is 1. The van der Waals surface area contributed by atoms with Crippen molar-refractivity contribution >= 4 is 5.91 Å². The van der Waals surface area contributed by atoms with E-state index in [4.69, 9.17) is 4.42 Å². The number of nitrogens with zero attached hydrogens (tertiary/aromatic N) is 2. The van der Waals surface area contributed by atoms with Gasteiger partial charge in [-0.3, -0.25) is 9.69 Å². The molecule has 0 saturated carbocycles. The van der Waals surface area contributed by atoms with E-state index >= 15 is 0 Å². The lowest BCUT2D eigenvalue weighted by Gasteiger charge is -2.39. The molecule has 4 nitrogen and oxygen atoms in total. The van der Waals surface area contributed by atoms with Crippen LogP contribution in [0.5, 0.6) is 0 Å². The lowest BCUT2D eigenvalue weighted by molar-refractivity contribution is -0.146. The van der Waals surface area contributed by atoms with Gasteiger partial charge in [-0.05, 0) is 44.0 Å². The molecule has 0 aliphatic carbocycles. The van der Waals surface area contributed by atoms with Crippen LogP contribution in [0.15, 0.2) is 34.7 Å². The molecule has 2 aromatic rings. The monoisotopic (exact) mass is 388 g/mol. The average Bonchev–Trinajstić information content (AvgIpc) is 3.31. The van der Waals surface area contributed by atoms with Crippen molar-refractivity contribution in [2.75, 3.05) is 19.6 Å². The van der Waals surface area contributed by atoms with Crippen molar-refractivity contribution in [3.63, 3.8) is 0 Å². The summed E-state index contributed by atoms with van der Waals surface area (Å²) in [4.78, 5) is 17.2. The average molecular weight is 388 g/mol. The van der Waals surface area contributed by atoms with Gasteiger partial charge >= 0.3 is 0 Å². The molecule has 3 heterocycles. The Morgan fingerprint density at radius 2 is 1.89 bits per heavy atom. The Labute approximate surface area is 164 Å². The summed E-state index contributed by atoms with van der Waals surface area (Å²) in [5, 5.41) is 0. The highest BCUT2D eigenvalue weighted by Crippen LogP contribution is 2.41. The molecule has 6 heteroatoms. The van der Waals surface area contributed by atoms with Crippen molar-refractivity contribution in [2.45, 2.75) is 45.7 Å². The van der Waals surface area contributed by atoms with Crippen LogP contribution >= 0.6 is 0 Å². The van der Waals surface area contributed by atoms with Gasteiger partial charge in [0.2, 0.25) is 5.91 Å². The Morgan fingerprint density at radius 3 is 2.68 bits per heavy atom. The molecule has 1 spiro atoms. The third-order valence-corrected chi connectivity index (χ3v) is 6.10. The van der Waals surface area contributed by atoms with Gasteiger partial charge in [0.15, 0.2) is 11.6 Å². The molecule has 2 aliphatic rings. The maximum absolute atomic E-state index is 14.1. The van der Waals surface area contributed by atoms with Crippen LogP contribution in [0.25, 0.3) is 0 Å². The molecule has 2 saturated heterocycles. The highest BCUT2D eigenvalue weighted by Gasteiger charge is 2.48. The Balaban J connectivity index is 1.44. The fourth-order valence-electron chi connectivity index (χ4n) is 4.57. The first-order valence-electron chi connectivity index (χ1n) is 10.0. The third-order valence-electron chi connectivity index (χ3n) is 6.10. The summed E-state index contributed by atoms with van der Waals surface area (Å²) in [7, 11) is 0. The van der Waals surface area contributed by atoms with Crippen molar-refractivity contribution in [2.24, 2.45) is 5.41 Å². The van der Waals surface area contributed by atoms with Gasteiger partial charge in [0.1, 0.15) is 11.5 Å². The van der Waals surface area contributed by atoms with Crippen LogP contribution in [-0.4, -0.2) is 35.3 Å². The van der Waals surface area contributed by atoms with E-state index < -0.39 is 17.0 Å². The summed E-state index contributed by atoms with van der Waals surface area (Å²) in [6, 6.07) is 8.15. The summed E-state index contributed by atoms with van der Waals surface area (Å²) in [6.07, 6.45) is 3.41. The number of aryl methyl sites for hydroxylation is 1. The zero-order chi connectivity index (χ0) is 19.7. The zero-order valence-corrected chi connectivity index (χ0v) is 16.2. The molecule has 2 aliphatic heterocycles. The highest BCUT2D eigenvalue weighted by molar-refractivity contribution is 5.84. The van der Waals surface area contributed by atoms with E-state index in [2.05, 4.69) is 11.8 Å². The predicted octanol–water partition coefficient (Wildman–Crippen LogP) is 4.13.